The molecule has 0 bridgehead atoms. The van der Waals surface area contributed by atoms with Crippen LogP contribution < -0.4 is 0 Å². The van der Waals surface area contributed by atoms with E-state index in [1.54, 1.807) is 0 Å². The van der Waals surface area contributed by atoms with Crippen LogP contribution in [-0.4, -0.2) is 4.57 Å². The Bertz CT molecular complexity index is 1480. The van der Waals surface area contributed by atoms with Crippen LogP contribution in [-0.2, 0) is 7.05 Å². The SMILES string of the molecule is Cn1c2ccccc2c2c3cc4ccccc4cc3c3ccccc3c21. The molecule has 0 aliphatic carbocycles. The number of hydrogen-bond acceptors (Lipinski definition) is 0. The molecule has 0 saturated carbocycles. The highest BCUT2D eigenvalue weighted by Gasteiger charge is 2.16. The second-order valence-electron chi connectivity index (χ2n) is 7.09. The van der Waals surface area contributed by atoms with Gasteiger partial charge in [0.25, 0.3) is 0 Å². The summed E-state index contributed by atoms with van der Waals surface area (Å²) in [5.74, 6) is 0. The fourth-order valence-electron chi connectivity index (χ4n) is 4.58. The molecule has 0 spiro atoms. The van der Waals surface area contributed by atoms with E-state index in [1.807, 2.05) is 0 Å². The van der Waals surface area contributed by atoms with Crippen LogP contribution in [0.4, 0.5) is 0 Å². The van der Waals surface area contributed by atoms with E-state index in [0.29, 0.717) is 0 Å². The topological polar surface area (TPSA) is 4.93 Å². The molecule has 1 heterocycles. The third kappa shape index (κ3) is 1.65. The molecule has 5 aromatic carbocycles. The van der Waals surface area contributed by atoms with E-state index < -0.39 is 0 Å². The molecule has 0 atom stereocenters. The second-order valence-corrected chi connectivity index (χ2v) is 7.09. The molecule has 0 aliphatic heterocycles. The molecule has 1 nitrogen and oxygen atoms in total. The number of benzene rings is 5. The van der Waals surface area contributed by atoms with Crippen molar-refractivity contribution in [2.24, 2.45) is 7.05 Å². The Morgan fingerprint density at radius 2 is 1.12 bits per heavy atom. The van der Waals surface area contributed by atoms with E-state index in [-0.39, 0.29) is 0 Å². The van der Waals surface area contributed by atoms with E-state index in [1.165, 1.54) is 54.1 Å². The largest absolute Gasteiger partial charge is 0.343 e. The predicted molar refractivity (Wildman–Crippen MR) is 113 cm³/mol. The minimum Gasteiger partial charge on any atom is -0.343 e. The van der Waals surface area contributed by atoms with Gasteiger partial charge in [0.1, 0.15) is 0 Å². The molecule has 0 unspecified atom stereocenters. The zero-order valence-corrected chi connectivity index (χ0v) is 14.5. The molecule has 1 aromatic heterocycles. The van der Waals surface area contributed by atoms with Crippen LogP contribution in [0.1, 0.15) is 0 Å². The monoisotopic (exact) mass is 331 g/mol. The van der Waals surface area contributed by atoms with Gasteiger partial charge in [0.05, 0.1) is 5.52 Å². The molecule has 0 N–H and O–H groups in total. The van der Waals surface area contributed by atoms with Crippen molar-refractivity contribution in [3.05, 3.63) is 84.9 Å². The maximum Gasteiger partial charge on any atom is 0.0574 e. The summed E-state index contributed by atoms with van der Waals surface area (Å²) in [6.45, 7) is 0. The van der Waals surface area contributed by atoms with Crippen LogP contribution in [0.2, 0.25) is 0 Å². The van der Waals surface area contributed by atoms with Gasteiger partial charge in [-0.3, -0.25) is 0 Å². The Balaban J connectivity index is 2.05. The van der Waals surface area contributed by atoms with E-state index >= 15 is 0 Å². The highest BCUT2D eigenvalue weighted by Crippen LogP contribution is 2.41. The molecule has 0 fully saturated rings. The van der Waals surface area contributed by atoms with Crippen molar-refractivity contribution in [1.29, 1.82) is 0 Å². The fourth-order valence-corrected chi connectivity index (χ4v) is 4.58. The predicted octanol–water partition coefficient (Wildman–Crippen LogP) is 6.79. The molecule has 0 aliphatic rings. The molecule has 6 rings (SSSR count). The first-order valence-corrected chi connectivity index (χ1v) is 9.03. The average Bonchev–Trinajstić information content (AvgIpc) is 3.00. The van der Waals surface area contributed by atoms with E-state index in [4.69, 9.17) is 0 Å². The summed E-state index contributed by atoms with van der Waals surface area (Å²) in [5.41, 5.74) is 2.61. The maximum atomic E-state index is 2.37. The van der Waals surface area contributed by atoms with Gasteiger partial charge in [-0.1, -0.05) is 66.7 Å². The molecule has 0 radical (unpaired) electrons. The van der Waals surface area contributed by atoms with E-state index in [2.05, 4.69) is 96.5 Å². The summed E-state index contributed by atoms with van der Waals surface area (Å²) in [6, 6.07) is 30.9. The Morgan fingerprint density at radius 1 is 0.538 bits per heavy atom. The van der Waals surface area contributed by atoms with Gasteiger partial charge in [-0.05, 0) is 45.1 Å². The lowest BCUT2D eigenvalue weighted by Crippen LogP contribution is -1.89. The number of fused-ring (bicyclic) bond motifs is 9. The third-order valence-corrected chi connectivity index (χ3v) is 5.73. The van der Waals surface area contributed by atoms with Gasteiger partial charge in [0, 0.05) is 28.7 Å². The van der Waals surface area contributed by atoms with Crippen molar-refractivity contribution < 1.29 is 0 Å². The number of aryl methyl sites for hydroxylation is 1. The van der Waals surface area contributed by atoms with Crippen molar-refractivity contribution in [1.82, 2.24) is 4.57 Å². The normalized spacial score (nSPS) is 12.0. The first-order chi connectivity index (χ1) is 12.8. The van der Waals surface area contributed by atoms with Gasteiger partial charge in [0.2, 0.25) is 0 Å². The number of rotatable bonds is 0. The van der Waals surface area contributed by atoms with Gasteiger partial charge in [0.15, 0.2) is 0 Å². The summed E-state index contributed by atoms with van der Waals surface area (Å²) in [6.07, 6.45) is 0. The van der Waals surface area contributed by atoms with Crippen LogP contribution >= 0.6 is 0 Å². The lowest BCUT2D eigenvalue weighted by atomic mass is 9.94. The standard InChI is InChI=1S/C25H17N/c1-26-23-13-7-6-12-20(23)24-22-15-17-9-3-2-8-16(17)14-21(22)18-10-4-5-11-19(18)25(24)26/h2-15H,1H3. The van der Waals surface area contributed by atoms with Crippen LogP contribution in [0.25, 0.3) is 54.1 Å². The summed E-state index contributed by atoms with van der Waals surface area (Å²) in [5, 5.41) is 10.6. The summed E-state index contributed by atoms with van der Waals surface area (Å²) in [4.78, 5) is 0. The van der Waals surface area contributed by atoms with Crippen LogP contribution in [0.15, 0.2) is 84.9 Å². The molecule has 0 saturated heterocycles. The summed E-state index contributed by atoms with van der Waals surface area (Å²) >= 11 is 0. The van der Waals surface area contributed by atoms with Crippen LogP contribution in [0.3, 0.4) is 0 Å². The van der Waals surface area contributed by atoms with Crippen molar-refractivity contribution in [3.8, 4) is 0 Å². The van der Waals surface area contributed by atoms with Crippen molar-refractivity contribution in [2.45, 2.75) is 0 Å². The lowest BCUT2D eigenvalue weighted by Gasteiger charge is -2.10. The molecular formula is C25H17N. The van der Waals surface area contributed by atoms with Crippen molar-refractivity contribution >= 4 is 54.1 Å². The first-order valence-electron chi connectivity index (χ1n) is 9.03. The average molecular weight is 331 g/mol. The first kappa shape index (κ1) is 13.9. The third-order valence-electron chi connectivity index (χ3n) is 5.73. The second kappa shape index (κ2) is 4.86. The Labute approximate surface area is 151 Å². The number of aromatic nitrogens is 1. The number of para-hydroxylation sites is 1. The van der Waals surface area contributed by atoms with E-state index in [9.17, 15) is 0 Å². The Morgan fingerprint density at radius 3 is 1.88 bits per heavy atom. The molecule has 1 heteroatoms. The summed E-state index contributed by atoms with van der Waals surface area (Å²) in [7, 11) is 2.18. The number of hydrogen-bond donors (Lipinski definition) is 0. The van der Waals surface area contributed by atoms with Gasteiger partial charge in [-0.25, -0.2) is 0 Å². The smallest absolute Gasteiger partial charge is 0.0574 e. The van der Waals surface area contributed by atoms with Gasteiger partial charge >= 0.3 is 0 Å². The summed E-state index contributed by atoms with van der Waals surface area (Å²) < 4.78 is 2.35. The zero-order valence-electron chi connectivity index (χ0n) is 14.5. The molecule has 122 valence electrons. The number of nitrogens with zero attached hydrogens (tertiary/aromatic N) is 1. The van der Waals surface area contributed by atoms with E-state index in [0.717, 1.165) is 0 Å². The van der Waals surface area contributed by atoms with Gasteiger partial charge in [-0.2, -0.15) is 0 Å². The van der Waals surface area contributed by atoms with Crippen molar-refractivity contribution in [3.63, 3.8) is 0 Å². The van der Waals surface area contributed by atoms with Crippen LogP contribution in [0.5, 0.6) is 0 Å². The van der Waals surface area contributed by atoms with Crippen LogP contribution in [0, 0.1) is 0 Å². The lowest BCUT2D eigenvalue weighted by molar-refractivity contribution is 1.02. The Hall–Kier alpha value is -3.32. The van der Waals surface area contributed by atoms with Gasteiger partial charge in [-0.15, -0.1) is 0 Å². The quantitative estimate of drug-likeness (QED) is 0.213. The molecule has 26 heavy (non-hydrogen) atoms. The zero-order chi connectivity index (χ0) is 17.3. The Kier molecular flexibility index (Phi) is 2.60. The fraction of sp³-hybridized carbons (Fsp3) is 0.0400. The minimum atomic E-state index is 1.29. The highest BCUT2D eigenvalue weighted by molar-refractivity contribution is 6.32. The molecule has 0 amide bonds. The molecule has 6 aromatic rings. The van der Waals surface area contributed by atoms with Gasteiger partial charge < -0.3 is 4.57 Å². The van der Waals surface area contributed by atoms with Crippen molar-refractivity contribution in [2.75, 3.05) is 0 Å². The molecular weight excluding hydrogens is 314 g/mol. The maximum absolute atomic E-state index is 2.37. The highest BCUT2D eigenvalue weighted by atomic mass is 14.9. The minimum absolute atomic E-state index is 1.29.